The lowest BCUT2D eigenvalue weighted by Crippen LogP contribution is -2.19. The quantitative estimate of drug-likeness (QED) is 0.269. The van der Waals surface area contributed by atoms with E-state index in [1.807, 2.05) is 18.3 Å². The lowest BCUT2D eigenvalue weighted by Gasteiger charge is -2.30. The molecule has 0 bridgehead atoms. The summed E-state index contributed by atoms with van der Waals surface area (Å²) >= 11 is 0. The average Bonchev–Trinajstić information content (AvgIpc) is 2.72. The number of hydrogen-bond donors (Lipinski definition) is 0. The molecule has 1 heterocycles. The molecule has 5 heteroatoms. The molecule has 4 aromatic rings. The predicted molar refractivity (Wildman–Crippen MR) is 109 cm³/mol. The monoisotopic (exact) mass is 369 g/mol. The van der Waals surface area contributed by atoms with E-state index in [9.17, 15) is 10.1 Å². The fraction of sp³-hybridized carbons (Fsp3) is 0.217. The molecule has 1 aliphatic carbocycles. The highest BCUT2D eigenvalue weighted by molar-refractivity contribution is 6.11. The highest BCUT2D eigenvalue weighted by atomic mass is 16.6. The highest BCUT2D eigenvalue weighted by Crippen LogP contribution is 2.43. The van der Waals surface area contributed by atoms with Crippen molar-refractivity contribution >= 4 is 27.2 Å². The van der Waals surface area contributed by atoms with Gasteiger partial charge < -0.3 is 0 Å². The van der Waals surface area contributed by atoms with Crippen molar-refractivity contribution in [2.45, 2.75) is 25.7 Å². The maximum Gasteiger partial charge on any atom is 0.277 e. The molecule has 1 aromatic heterocycles. The van der Waals surface area contributed by atoms with Crippen LogP contribution in [0.3, 0.4) is 0 Å². The van der Waals surface area contributed by atoms with Crippen LogP contribution in [0.25, 0.3) is 21.5 Å². The van der Waals surface area contributed by atoms with Gasteiger partial charge in [-0.2, -0.15) is 0 Å². The van der Waals surface area contributed by atoms with E-state index >= 15 is 0 Å². The molecule has 0 aliphatic heterocycles. The third-order valence-corrected chi connectivity index (χ3v) is 5.89. The van der Waals surface area contributed by atoms with Crippen LogP contribution >= 0.6 is 0 Å². The summed E-state index contributed by atoms with van der Waals surface area (Å²) in [6.45, 7) is 2.27. The van der Waals surface area contributed by atoms with Crippen molar-refractivity contribution in [2.75, 3.05) is 0 Å². The molecule has 2 unspecified atom stereocenters. The number of hydrogen-bond acceptors (Lipinski definition) is 4. The van der Waals surface area contributed by atoms with Gasteiger partial charge in [-0.15, -0.1) is 0 Å². The van der Waals surface area contributed by atoms with Gasteiger partial charge >= 0.3 is 0 Å². The van der Waals surface area contributed by atoms with Crippen molar-refractivity contribution in [1.29, 1.82) is 0 Å². The molecule has 0 spiro atoms. The largest absolute Gasteiger partial charge is 0.277 e. The summed E-state index contributed by atoms with van der Waals surface area (Å²) in [4.78, 5) is 19.9. The van der Waals surface area contributed by atoms with Crippen LogP contribution in [0.1, 0.15) is 36.1 Å². The number of nitrogens with zero attached hydrogens (tertiary/aromatic N) is 3. The number of benzene rings is 3. The van der Waals surface area contributed by atoms with Gasteiger partial charge in [-0.25, -0.2) is 0 Å². The van der Waals surface area contributed by atoms with Gasteiger partial charge in [0.25, 0.3) is 5.69 Å². The van der Waals surface area contributed by atoms with Crippen LogP contribution in [0.15, 0.2) is 61.1 Å². The van der Waals surface area contributed by atoms with E-state index in [0.717, 1.165) is 29.3 Å². The maximum absolute atomic E-state index is 11.4. The van der Waals surface area contributed by atoms with E-state index in [0.29, 0.717) is 11.3 Å². The SMILES string of the molecule is CC1Cc2c(ccc3c2ccc2c([N+](=O)[O-])cccc23)C(c2cnccn2)C1. The van der Waals surface area contributed by atoms with Crippen LogP contribution < -0.4 is 0 Å². The number of nitro groups is 1. The minimum absolute atomic E-state index is 0.155. The van der Waals surface area contributed by atoms with E-state index in [4.69, 9.17) is 0 Å². The summed E-state index contributed by atoms with van der Waals surface area (Å²) in [5.41, 5.74) is 3.80. The standard InChI is InChI=1S/C23H19N3O2/c1-14-11-20-17-7-8-19-15(3-2-4-23(19)26(27)28)16(17)5-6-18(20)21(12-14)22-13-24-9-10-25-22/h2-10,13-14,21H,11-12H2,1H3. The Bertz CT molecular complexity index is 1220. The third-order valence-electron chi connectivity index (χ3n) is 5.89. The van der Waals surface area contributed by atoms with Gasteiger partial charge in [0.05, 0.1) is 16.0 Å². The number of nitro benzene ring substituents is 1. The molecule has 5 rings (SSSR count). The molecule has 0 fully saturated rings. The fourth-order valence-electron chi connectivity index (χ4n) is 4.68. The van der Waals surface area contributed by atoms with Gasteiger partial charge in [-0.05, 0) is 52.1 Å². The van der Waals surface area contributed by atoms with Crippen LogP contribution in [-0.2, 0) is 6.42 Å². The van der Waals surface area contributed by atoms with Gasteiger partial charge in [0.1, 0.15) is 0 Å². The first-order valence-electron chi connectivity index (χ1n) is 9.51. The summed E-state index contributed by atoms with van der Waals surface area (Å²) in [6.07, 6.45) is 7.37. The zero-order valence-electron chi connectivity index (χ0n) is 15.5. The zero-order valence-corrected chi connectivity index (χ0v) is 15.5. The lowest BCUT2D eigenvalue weighted by atomic mass is 9.74. The second-order valence-corrected chi connectivity index (χ2v) is 7.65. The molecule has 138 valence electrons. The van der Waals surface area contributed by atoms with E-state index in [1.54, 1.807) is 24.5 Å². The van der Waals surface area contributed by atoms with Gasteiger partial charge in [-0.3, -0.25) is 20.1 Å². The van der Waals surface area contributed by atoms with Crippen molar-refractivity contribution in [3.8, 4) is 0 Å². The summed E-state index contributed by atoms with van der Waals surface area (Å²) in [7, 11) is 0. The van der Waals surface area contributed by atoms with Crippen LogP contribution in [-0.4, -0.2) is 14.9 Å². The van der Waals surface area contributed by atoms with Gasteiger partial charge in [-0.1, -0.05) is 37.3 Å². The molecule has 0 radical (unpaired) electrons. The van der Waals surface area contributed by atoms with E-state index in [1.165, 1.54) is 16.5 Å². The minimum atomic E-state index is -0.307. The molecule has 0 saturated carbocycles. The predicted octanol–water partition coefficient (Wildman–Crippen LogP) is 5.41. The van der Waals surface area contributed by atoms with Gasteiger partial charge in [0.15, 0.2) is 0 Å². The van der Waals surface area contributed by atoms with Crippen molar-refractivity contribution in [3.63, 3.8) is 0 Å². The van der Waals surface area contributed by atoms with Crippen molar-refractivity contribution in [3.05, 3.63) is 88.0 Å². The Labute approximate surface area is 162 Å². The zero-order chi connectivity index (χ0) is 19.3. The Morgan fingerprint density at radius 3 is 2.57 bits per heavy atom. The molecule has 3 aromatic carbocycles. The van der Waals surface area contributed by atoms with Crippen LogP contribution in [0.2, 0.25) is 0 Å². The normalized spacial score (nSPS) is 18.9. The van der Waals surface area contributed by atoms with Crippen molar-refractivity contribution in [1.82, 2.24) is 9.97 Å². The van der Waals surface area contributed by atoms with E-state index < -0.39 is 0 Å². The second-order valence-electron chi connectivity index (χ2n) is 7.65. The Hall–Kier alpha value is -3.34. The first-order chi connectivity index (χ1) is 13.6. The van der Waals surface area contributed by atoms with Crippen molar-refractivity contribution < 1.29 is 4.92 Å². The Morgan fingerprint density at radius 2 is 1.79 bits per heavy atom. The summed E-state index contributed by atoms with van der Waals surface area (Å²) < 4.78 is 0. The molecule has 2 atom stereocenters. The molecular weight excluding hydrogens is 350 g/mol. The summed E-state index contributed by atoms with van der Waals surface area (Å²) in [6, 6.07) is 13.6. The average molecular weight is 369 g/mol. The molecular formula is C23H19N3O2. The highest BCUT2D eigenvalue weighted by Gasteiger charge is 2.28. The van der Waals surface area contributed by atoms with Crippen molar-refractivity contribution in [2.24, 2.45) is 5.92 Å². The minimum Gasteiger partial charge on any atom is -0.261 e. The van der Waals surface area contributed by atoms with Crippen LogP contribution in [0.4, 0.5) is 5.69 Å². The molecule has 5 nitrogen and oxygen atoms in total. The summed E-state index contributed by atoms with van der Waals surface area (Å²) in [5.74, 6) is 0.767. The first-order valence-corrected chi connectivity index (χ1v) is 9.51. The maximum atomic E-state index is 11.4. The third kappa shape index (κ3) is 2.54. The molecule has 1 aliphatic rings. The summed E-state index contributed by atoms with van der Waals surface area (Å²) in [5, 5.41) is 15.3. The van der Waals surface area contributed by atoms with Gasteiger partial charge in [0.2, 0.25) is 0 Å². The Kier molecular flexibility index (Phi) is 3.83. The second kappa shape index (κ2) is 6.37. The molecule has 0 amide bonds. The smallest absolute Gasteiger partial charge is 0.261 e. The number of fused-ring (bicyclic) bond motifs is 5. The van der Waals surface area contributed by atoms with E-state index in [2.05, 4.69) is 35.1 Å². The Balaban J connectivity index is 1.78. The number of aromatic nitrogens is 2. The molecule has 28 heavy (non-hydrogen) atoms. The topological polar surface area (TPSA) is 68.9 Å². The van der Waals surface area contributed by atoms with E-state index in [-0.39, 0.29) is 16.5 Å². The van der Waals surface area contributed by atoms with Crippen LogP contribution in [0, 0.1) is 16.0 Å². The lowest BCUT2D eigenvalue weighted by molar-refractivity contribution is -0.383. The van der Waals surface area contributed by atoms with Crippen LogP contribution in [0.5, 0.6) is 0 Å². The molecule has 0 saturated heterocycles. The number of rotatable bonds is 2. The molecule has 0 N–H and O–H groups in total. The number of non-ortho nitro benzene ring substituents is 1. The Morgan fingerprint density at radius 1 is 1.00 bits per heavy atom. The van der Waals surface area contributed by atoms with Gasteiger partial charge in [0, 0.05) is 30.6 Å². The first kappa shape index (κ1) is 16.8. The fourth-order valence-corrected chi connectivity index (χ4v) is 4.68.